The van der Waals surface area contributed by atoms with E-state index in [1.807, 2.05) is 0 Å². The lowest BCUT2D eigenvalue weighted by Gasteiger charge is -2.35. The SMILES string of the molecule is CCOc1nn(CC)cc1S(=O)(=O)N1CC(CCC(=O)O)Oc2ccc(C=Cc3c(F)cccc3C(F)(F)F)cc21. The van der Waals surface area contributed by atoms with Gasteiger partial charge in [0, 0.05) is 24.7 Å². The summed E-state index contributed by atoms with van der Waals surface area (Å²) in [5.74, 6) is -2.14. The molecule has 1 aliphatic rings. The second kappa shape index (κ2) is 11.8. The maximum absolute atomic E-state index is 14.3. The Labute approximate surface area is 233 Å². The fraction of sp³-hybridized carbons (Fsp3) is 0.333. The Morgan fingerprint density at radius 1 is 1.22 bits per heavy atom. The lowest BCUT2D eigenvalue weighted by molar-refractivity contribution is -0.138. The molecular formula is C27H27F4N3O6S. The molecule has 4 rings (SSSR count). The number of fused-ring (bicyclic) bond motifs is 1. The molecule has 220 valence electrons. The van der Waals surface area contributed by atoms with Gasteiger partial charge in [0.15, 0.2) is 4.90 Å². The smallest absolute Gasteiger partial charge is 0.417 e. The van der Waals surface area contributed by atoms with E-state index in [1.54, 1.807) is 13.8 Å². The third-order valence-electron chi connectivity index (χ3n) is 6.27. The highest BCUT2D eigenvalue weighted by atomic mass is 32.2. The average Bonchev–Trinajstić information content (AvgIpc) is 3.34. The van der Waals surface area contributed by atoms with Gasteiger partial charge in [-0.15, -0.1) is 5.10 Å². The van der Waals surface area contributed by atoms with Crippen LogP contribution in [0.5, 0.6) is 11.6 Å². The van der Waals surface area contributed by atoms with Crippen molar-refractivity contribution in [3.05, 3.63) is 65.1 Å². The number of carbonyl (C=O) groups is 1. The van der Waals surface area contributed by atoms with E-state index in [2.05, 4.69) is 5.10 Å². The Morgan fingerprint density at radius 3 is 2.63 bits per heavy atom. The van der Waals surface area contributed by atoms with Crippen LogP contribution in [0.1, 0.15) is 43.4 Å². The van der Waals surface area contributed by atoms with E-state index in [0.29, 0.717) is 6.54 Å². The first-order valence-corrected chi connectivity index (χ1v) is 14.1. The minimum Gasteiger partial charge on any atom is -0.486 e. The van der Waals surface area contributed by atoms with Gasteiger partial charge in [0.1, 0.15) is 17.7 Å². The van der Waals surface area contributed by atoms with E-state index in [1.165, 1.54) is 35.2 Å². The van der Waals surface area contributed by atoms with Crippen molar-refractivity contribution in [3.8, 4) is 11.6 Å². The highest BCUT2D eigenvalue weighted by Gasteiger charge is 2.38. The molecule has 1 unspecified atom stereocenters. The zero-order valence-electron chi connectivity index (χ0n) is 22.1. The van der Waals surface area contributed by atoms with Crippen LogP contribution in [0.25, 0.3) is 12.2 Å². The molecule has 0 aliphatic carbocycles. The first-order chi connectivity index (χ1) is 19.3. The van der Waals surface area contributed by atoms with Crippen molar-refractivity contribution in [2.75, 3.05) is 17.5 Å². The quantitative estimate of drug-likeness (QED) is 0.244. The van der Waals surface area contributed by atoms with Crippen LogP contribution in [0, 0.1) is 5.82 Å². The Balaban J connectivity index is 1.79. The highest BCUT2D eigenvalue weighted by molar-refractivity contribution is 7.93. The van der Waals surface area contributed by atoms with Gasteiger partial charge in [0.2, 0.25) is 0 Å². The van der Waals surface area contributed by atoms with Crippen LogP contribution < -0.4 is 13.8 Å². The Hall–Kier alpha value is -4.07. The molecule has 0 bridgehead atoms. The lowest BCUT2D eigenvalue weighted by Crippen LogP contribution is -2.43. The molecule has 0 saturated carbocycles. The van der Waals surface area contributed by atoms with Gasteiger partial charge in [-0.05, 0) is 50.1 Å². The van der Waals surface area contributed by atoms with Gasteiger partial charge in [0.05, 0.1) is 24.4 Å². The van der Waals surface area contributed by atoms with Crippen molar-refractivity contribution < 1.29 is 45.4 Å². The molecule has 3 aromatic rings. The molecule has 1 atom stereocenters. The first-order valence-electron chi connectivity index (χ1n) is 12.6. The minimum atomic E-state index is -4.79. The van der Waals surface area contributed by atoms with Gasteiger partial charge in [-0.2, -0.15) is 13.2 Å². The Morgan fingerprint density at radius 2 is 1.98 bits per heavy atom. The molecule has 41 heavy (non-hydrogen) atoms. The van der Waals surface area contributed by atoms with Crippen LogP contribution in [0.2, 0.25) is 0 Å². The standard InChI is InChI=1S/C27H27F4N3O6S/c1-3-33-16-24(26(32-33)39-4-2)41(37,38)34-15-18(10-13-25(35)36)40-23-12-9-17(14-22(23)34)8-11-19-20(27(29,30)31)6-5-7-21(19)28/h5-9,11-12,14,16,18H,3-4,10,13,15H2,1-2H3,(H,35,36). The number of aromatic nitrogens is 2. The molecule has 2 aromatic carbocycles. The fourth-order valence-corrected chi connectivity index (χ4v) is 5.88. The van der Waals surface area contributed by atoms with E-state index in [-0.39, 0.29) is 53.8 Å². The number of aliphatic carboxylic acids is 1. The molecule has 0 radical (unpaired) electrons. The molecular weight excluding hydrogens is 570 g/mol. The summed E-state index contributed by atoms with van der Waals surface area (Å²) in [7, 11) is -4.34. The second-order valence-corrected chi connectivity index (χ2v) is 10.9. The number of carboxylic acid groups (broad SMARTS) is 1. The van der Waals surface area contributed by atoms with E-state index in [4.69, 9.17) is 14.6 Å². The normalized spacial score (nSPS) is 15.6. The molecule has 1 N–H and O–H groups in total. The number of benzene rings is 2. The number of hydrogen-bond donors (Lipinski definition) is 1. The van der Waals surface area contributed by atoms with Crippen LogP contribution in [-0.4, -0.2) is 48.5 Å². The van der Waals surface area contributed by atoms with Crippen molar-refractivity contribution in [1.82, 2.24) is 9.78 Å². The summed E-state index contributed by atoms with van der Waals surface area (Å²) in [5.41, 5.74) is -1.49. The molecule has 1 aromatic heterocycles. The van der Waals surface area contributed by atoms with E-state index in [0.717, 1.165) is 28.6 Å². The summed E-state index contributed by atoms with van der Waals surface area (Å²) in [6.45, 7) is 3.70. The summed E-state index contributed by atoms with van der Waals surface area (Å²) in [6, 6.07) is 6.92. The number of anilines is 1. The number of rotatable bonds is 10. The largest absolute Gasteiger partial charge is 0.486 e. The van der Waals surface area contributed by atoms with Gasteiger partial charge < -0.3 is 14.6 Å². The Bertz CT molecular complexity index is 1570. The number of hydrogen-bond acceptors (Lipinski definition) is 6. The van der Waals surface area contributed by atoms with Crippen LogP contribution in [-0.2, 0) is 27.5 Å². The molecule has 1 aliphatic heterocycles. The average molecular weight is 598 g/mol. The molecule has 0 amide bonds. The van der Waals surface area contributed by atoms with Crippen molar-refractivity contribution in [2.24, 2.45) is 0 Å². The number of carboxylic acids is 1. The van der Waals surface area contributed by atoms with Gasteiger partial charge >= 0.3 is 12.1 Å². The van der Waals surface area contributed by atoms with Crippen LogP contribution in [0.4, 0.5) is 23.2 Å². The maximum atomic E-state index is 14.3. The van der Waals surface area contributed by atoms with Gasteiger partial charge in [0.25, 0.3) is 15.9 Å². The minimum absolute atomic E-state index is 0.0164. The van der Waals surface area contributed by atoms with Gasteiger partial charge in [-0.1, -0.05) is 24.3 Å². The summed E-state index contributed by atoms with van der Waals surface area (Å²) < 4.78 is 96.4. The third kappa shape index (κ3) is 6.47. The summed E-state index contributed by atoms with van der Waals surface area (Å²) >= 11 is 0. The molecule has 0 spiro atoms. The second-order valence-electron chi connectivity index (χ2n) is 9.05. The first kappa shape index (κ1) is 29.9. The van der Waals surface area contributed by atoms with E-state index >= 15 is 0 Å². The van der Waals surface area contributed by atoms with Crippen molar-refractivity contribution in [1.29, 1.82) is 0 Å². The monoisotopic (exact) mass is 597 g/mol. The number of alkyl halides is 3. The van der Waals surface area contributed by atoms with Gasteiger partial charge in [-0.25, -0.2) is 12.8 Å². The molecule has 2 heterocycles. The van der Waals surface area contributed by atoms with E-state index in [9.17, 15) is 30.8 Å². The third-order valence-corrected chi connectivity index (χ3v) is 8.03. The van der Waals surface area contributed by atoms with Crippen LogP contribution in [0.3, 0.4) is 0 Å². The predicted octanol–water partition coefficient (Wildman–Crippen LogP) is 5.45. The summed E-state index contributed by atoms with van der Waals surface area (Å²) in [5, 5.41) is 13.3. The topological polar surface area (TPSA) is 111 Å². The van der Waals surface area contributed by atoms with Crippen molar-refractivity contribution in [3.63, 3.8) is 0 Å². The number of ether oxygens (including phenoxy) is 2. The zero-order valence-corrected chi connectivity index (χ0v) is 22.9. The van der Waals surface area contributed by atoms with Crippen molar-refractivity contribution >= 4 is 33.8 Å². The maximum Gasteiger partial charge on any atom is 0.417 e. The van der Waals surface area contributed by atoms with Crippen LogP contribution >= 0.6 is 0 Å². The summed E-state index contributed by atoms with van der Waals surface area (Å²) in [6.07, 6.45) is -2.32. The van der Waals surface area contributed by atoms with E-state index < -0.39 is 45.2 Å². The number of sulfonamides is 1. The molecule has 14 heteroatoms. The number of aryl methyl sites for hydroxylation is 1. The number of nitrogens with zero attached hydrogens (tertiary/aromatic N) is 3. The summed E-state index contributed by atoms with van der Waals surface area (Å²) in [4.78, 5) is 10.9. The Kier molecular flexibility index (Phi) is 8.61. The molecule has 9 nitrogen and oxygen atoms in total. The molecule has 0 saturated heterocycles. The van der Waals surface area contributed by atoms with Crippen LogP contribution in [0.15, 0.2) is 47.5 Å². The van der Waals surface area contributed by atoms with Crippen molar-refractivity contribution in [2.45, 2.75) is 50.4 Å². The zero-order chi connectivity index (χ0) is 29.9. The fourth-order valence-electron chi connectivity index (χ4n) is 4.31. The number of halogens is 4. The predicted molar refractivity (Wildman–Crippen MR) is 142 cm³/mol. The van der Waals surface area contributed by atoms with Gasteiger partial charge in [-0.3, -0.25) is 13.8 Å². The highest BCUT2D eigenvalue weighted by Crippen LogP contribution is 2.41. The molecule has 0 fully saturated rings. The lowest BCUT2D eigenvalue weighted by atomic mass is 10.0.